The fourth-order valence-corrected chi connectivity index (χ4v) is 4.33. The van der Waals surface area contributed by atoms with Gasteiger partial charge in [-0.1, -0.05) is 49.4 Å². The van der Waals surface area contributed by atoms with Crippen molar-refractivity contribution < 1.29 is 9.53 Å². The lowest BCUT2D eigenvalue weighted by atomic mass is 9.96. The van der Waals surface area contributed by atoms with Gasteiger partial charge in [0.25, 0.3) is 0 Å². The van der Waals surface area contributed by atoms with Crippen LogP contribution in [0.2, 0.25) is 0 Å². The molecule has 2 unspecified atom stereocenters. The molecule has 1 amide bonds. The molecule has 1 saturated carbocycles. The molecule has 0 aromatic heterocycles. The van der Waals surface area contributed by atoms with Gasteiger partial charge in [-0.15, -0.1) is 12.4 Å². The molecule has 4 rings (SSSR count). The summed E-state index contributed by atoms with van der Waals surface area (Å²) in [5, 5.41) is 3.43. The van der Waals surface area contributed by atoms with Crippen LogP contribution in [0.5, 0.6) is 5.75 Å². The van der Waals surface area contributed by atoms with Crippen LogP contribution >= 0.6 is 12.4 Å². The molecule has 1 saturated heterocycles. The average molecular weight is 429 g/mol. The van der Waals surface area contributed by atoms with Crippen molar-refractivity contribution in [2.45, 2.75) is 38.7 Å². The third-order valence-corrected chi connectivity index (χ3v) is 6.27. The SMILES string of the molecule is CCNCC1CCN(C(=O)C2CC2c2ccc(OCc3ccccc3)cc2)CC1.Cl. The fraction of sp³-hybridized carbons (Fsp3) is 0.480. The first-order chi connectivity index (χ1) is 14.2. The number of benzene rings is 2. The summed E-state index contributed by atoms with van der Waals surface area (Å²) in [7, 11) is 0. The summed E-state index contributed by atoms with van der Waals surface area (Å²) in [6.45, 7) is 6.68. The Morgan fingerprint density at radius 1 is 1.07 bits per heavy atom. The van der Waals surface area contributed by atoms with Crippen LogP contribution in [0.3, 0.4) is 0 Å². The molecule has 1 aliphatic carbocycles. The lowest BCUT2D eigenvalue weighted by Gasteiger charge is -2.32. The quantitative estimate of drug-likeness (QED) is 0.666. The Labute approximate surface area is 186 Å². The molecule has 2 aliphatic rings. The molecule has 2 fully saturated rings. The molecule has 2 aromatic rings. The van der Waals surface area contributed by atoms with E-state index in [1.807, 2.05) is 30.3 Å². The number of likely N-dealkylation sites (tertiary alicyclic amines) is 1. The predicted octanol–water partition coefficient (Wildman–Crippen LogP) is 4.64. The zero-order chi connectivity index (χ0) is 20.1. The van der Waals surface area contributed by atoms with E-state index >= 15 is 0 Å². The van der Waals surface area contributed by atoms with E-state index in [0.717, 1.165) is 57.1 Å². The van der Waals surface area contributed by atoms with Gasteiger partial charge in [0.15, 0.2) is 0 Å². The first-order valence-electron chi connectivity index (χ1n) is 11.0. The first-order valence-corrected chi connectivity index (χ1v) is 11.0. The molecule has 1 heterocycles. The highest BCUT2D eigenvalue weighted by atomic mass is 35.5. The van der Waals surface area contributed by atoms with Crippen molar-refractivity contribution >= 4 is 18.3 Å². The normalized spacial score (nSPS) is 21.0. The van der Waals surface area contributed by atoms with Gasteiger partial charge in [0.05, 0.1) is 0 Å². The number of hydrogen-bond donors (Lipinski definition) is 1. The number of halogens is 1. The van der Waals surface area contributed by atoms with Crippen LogP contribution in [0, 0.1) is 11.8 Å². The average Bonchev–Trinajstić information content (AvgIpc) is 3.58. The molecular weight excluding hydrogens is 396 g/mol. The summed E-state index contributed by atoms with van der Waals surface area (Å²) in [6, 6.07) is 18.5. The van der Waals surface area contributed by atoms with E-state index in [2.05, 4.69) is 41.4 Å². The van der Waals surface area contributed by atoms with Crippen LogP contribution in [0.15, 0.2) is 54.6 Å². The van der Waals surface area contributed by atoms with Crippen LogP contribution in [-0.2, 0) is 11.4 Å². The number of carbonyl (C=O) groups excluding carboxylic acids is 1. The van der Waals surface area contributed by atoms with Crippen molar-refractivity contribution in [2.75, 3.05) is 26.2 Å². The van der Waals surface area contributed by atoms with Gasteiger partial charge in [-0.05, 0) is 67.4 Å². The van der Waals surface area contributed by atoms with Crippen molar-refractivity contribution in [1.82, 2.24) is 10.2 Å². The molecule has 4 nitrogen and oxygen atoms in total. The van der Waals surface area contributed by atoms with E-state index in [9.17, 15) is 4.79 Å². The van der Waals surface area contributed by atoms with E-state index in [0.29, 0.717) is 18.4 Å². The standard InChI is InChI=1S/C25H32N2O2.ClH/c1-2-26-17-19-12-14-27(15-13-19)25(28)24-16-23(24)21-8-10-22(11-9-21)29-18-20-6-4-3-5-7-20;/h3-11,19,23-24,26H,2,12-18H2,1H3;1H. The van der Waals surface area contributed by atoms with Gasteiger partial charge in [0, 0.05) is 19.0 Å². The molecular formula is C25H33ClN2O2. The van der Waals surface area contributed by atoms with Gasteiger partial charge in [0.1, 0.15) is 12.4 Å². The maximum Gasteiger partial charge on any atom is 0.226 e. The molecule has 162 valence electrons. The largest absolute Gasteiger partial charge is 0.489 e. The number of rotatable bonds is 8. The second-order valence-corrected chi connectivity index (χ2v) is 8.37. The predicted molar refractivity (Wildman–Crippen MR) is 123 cm³/mol. The van der Waals surface area contributed by atoms with Crippen molar-refractivity contribution in [3.05, 3.63) is 65.7 Å². The zero-order valence-electron chi connectivity index (χ0n) is 17.8. The van der Waals surface area contributed by atoms with E-state index < -0.39 is 0 Å². The number of hydrogen-bond acceptors (Lipinski definition) is 3. The third kappa shape index (κ3) is 5.77. The Balaban J connectivity index is 0.00000256. The van der Waals surface area contributed by atoms with Crippen molar-refractivity contribution in [3.8, 4) is 5.75 Å². The second-order valence-electron chi connectivity index (χ2n) is 8.37. The van der Waals surface area contributed by atoms with Gasteiger partial charge in [-0.25, -0.2) is 0 Å². The molecule has 2 aromatic carbocycles. The molecule has 1 N–H and O–H groups in total. The minimum absolute atomic E-state index is 0. The van der Waals surface area contributed by atoms with Gasteiger partial charge in [-0.3, -0.25) is 4.79 Å². The van der Waals surface area contributed by atoms with Gasteiger partial charge >= 0.3 is 0 Å². The summed E-state index contributed by atoms with van der Waals surface area (Å²) in [5.41, 5.74) is 2.43. The number of ether oxygens (including phenoxy) is 1. The summed E-state index contributed by atoms with van der Waals surface area (Å²) < 4.78 is 5.87. The summed E-state index contributed by atoms with van der Waals surface area (Å²) >= 11 is 0. The Hall–Kier alpha value is -2.04. The molecule has 0 spiro atoms. The van der Waals surface area contributed by atoms with E-state index in [4.69, 9.17) is 4.74 Å². The van der Waals surface area contributed by atoms with Crippen LogP contribution in [0.1, 0.15) is 43.2 Å². The maximum atomic E-state index is 12.9. The summed E-state index contributed by atoms with van der Waals surface area (Å²) in [6.07, 6.45) is 3.24. The van der Waals surface area contributed by atoms with E-state index in [1.165, 1.54) is 11.1 Å². The Kier molecular flexibility index (Phi) is 8.17. The van der Waals surface area contributed by atoms with Crippen molar-refractivity contribution in [3.63, 3.8) is 0 Å². The monoisotopic (exact) mass is 428 g/mol. The third-order valence-electron chi connectivity index (χ3n) is 6.27. The molecule has 2 atom stereocenters. The topological polar surface area (TPSA) is 41.6 Å². The Morgan fingerprint density at radius 2 is 1.77 bits per heavy atom. The number of nitrogens with one attached hydrogen (secondary N) is 1. The minimum atomic E-state index is 0. The smallest absolute Gasteiger partial charge is 0.226 e. The van der Waals surface area contributed by atoms with Crippen LogP contribution < -0.4 is 10.1 Å². The highest BCUT2D eigenvalue weighted by molar-refractivity contribution is 5.85. The number of piperidine rings is 1. The molecule has 1 aliphatic heterocycles. The van der Waals surface area contributed by atoms with Gasteiger partial charge in [0.2, 0.25) is 5.91 Å². The van der Waals surface area contributed by atoms with Gasteiger partial charge < -0.3 is 15.0 Å². The Bertz CT molecular complexity index is 789. The van der Waals surface area contributed by atoms with E-state index in [-0.39, 0.29) is 18.3 Å². The summed E-state index contributed by atoms with van der Waals surface area (Å²) in [5.74, 6) is 2.52. The lowest BCUT2D eigenvalue weighted by molar-refractivity contribution is -0.134. The maximum absolute atomic E-state index is 12.9. The lowest BCUT2D eigenvalue weighted by Crippen LogP contribution is -2.41. The zero-order valence-corrected chi connectivity index (χ0v) is 18.6. The van der Waals surface area contributed by atoms with E-state index in [1.54, 1.807) is 0 Å². The molecule has 0 radical (unpaired) electrons. The van der Waals surface area contributed by atoms with Crippen LogP contribution in [-0.4, -0.2) is 37.0 Å². The van der Waals surface area contributed by atoms with Crippen molar-refractivity contribution in [2.24, 2.45) is 11.8 Å². The van der Waals surface area contributed by atoms with Crippen LogP contribution in [0.25, 0.3) is 0 Å². The molecule has 30 heavy (non-hydrogen) atoms. The second kappa shape index (κ2) is 10.8. The number of nitrogens with zero attached hydrogens (tertiary/aromatic N) is 1. The number of carbonyl (C=O) groups is 1. The van der Waals surface area contributed by atoms with Crippen LogP contribution in [0.4, 0.5) is 0 Å². The number of amides is 1. The molecule has 5 heteroatoms. The van der Waals surface area contributed by atoms with Crippen molar-refractivity contribution in [1.29, 1.82) is 0 Å². The fourth-order valence-electron chi connectivity index (χ4n) is 4.33. The highest BCUT2D eigenvalue weighted by Gasteiger charge is 2.46. The first kappa shape index (κ1) is 22.6. The summed E-state index contributed by atoms with van der Waals surface area (Å²) in [4.78, 5) is 15.0. The van der Waals surface area contributed by atoms with Gasteiger partial charge in [-0.2, -0.15) is 0 Å². The molecule has 0 bridgehead atoms. The highest BCUT2D eigenvalue weighted by Crippen LogP contribution is 2.49. The Morgan fingerprint density at radius 3 is 2.43 bits per heavy atom. The minimum Gasteiger partial charge on any atom is -0.489 e.